The number of carbonyl (C=O) groups is 1. The molecule has 0 spiro atoms. The Balaban J connectivity index is 4.35. The van der Waals surface area contributed by atoms with E-state index in [0.717, 1.165) is 70.6 Å². The molecular weight excluding hydrogens is 852 g/mol. The fraction of sp³-hybridized carbons (Fsp3) is 0.741. The van der Waals surface area contributed by atoms with Crippen LogP contribution in [0, 0.1) is 0 Å². The third-order valence-electron chi connectivity index (χ3n) is 11.8. The van der Waals surface area contributed by atoms with Crippen LogP contribution in [-0.4, -0.2) is 68.5 Å². The number of hydrogen-bond acceptors (Lipinski definition) is 6. The van der Waals surface area contributed by atoms with Crippen molar-refractivity contribution >= 4 is 13.7 Å². The van der Waals surface area contributed by atoms with Crippen LogP contribution in [0.5, 0.6) is 0 Å². The van der Waals surface area contributed by atoms with Crippen LogP contribution < -0.4 is 10.2 Å². The molecule has 3 atom stereocenters. The van der Waals surface area contributed by atoms with Gasteiger partial charge in [-0.1, -0.05) is 227 Å². The SMILES string of the molecule is CC/C=C\C/C=C\C/C=C\C/C=C\C/C=C\CCCCCC(=O)NC(COP(=O)([O-])OCC[N+](C)(C)C)C(O)/C=C/CC/C=C/CCCCCCCCCCCCCCCCCCCCCC. The lowest BCUT2D eigenvalue weighted by atomic mass is 10.0. The summed E-state index contributed by atoms with van der Waals surface area (Å²) in [6.07, 6.45) is 68.1. The smallest absolute Gasteiger partial charge is 0.268 e. The second-order valence-electron chi connectivity index (χ2n) is 19.5. The van der Waals surface area contributed by atoms with Crippen molar-refractivity contribution in [3.05, 3.63) is 85.1 Å². The number of amides is 1. The molecule has 67 heavy (non-hydrogen) atoms. The van der Waals surface area contributed by atoms with Gasteiger partial charge in [0.1, 0.15) is 13.2 Å². The summed E-state index contributed by atoms with van der Waals surface area (Å²) in [5.74, 6) is -0.240. The summed E-state index contributed by atoms with van der Waals surface area (Å²) in [5, 5.41) is 13.8. The molecule has 0 aromatic rings. The molecule has 388 valence electrons. The van der Waals surface area contributed by atoms with E-state index in [1.54, 1.807) is 6.08 Å². The number of aliphatic hydroxyl groups is 1. The number of phosphoric acid groups is 1. The minimum absolute atomic E-state index is 0.0174. The van der Waals surface area contributed by atoms with Gasteiger partial charge in [0.15, 0.2) is 0 Å². The number of likely N-dealkylation sites (N-methyl/N-ethyl adjacent to an activating group) is 1. The van der Waals surface area contributed by atoms with Crippen LogP contribution in [-0.2, 0) is 18.4 Å². The Labute approximate surface area is 414 Å². The first-order valence-electron chi connectivity index (χ1n) is 27.4. The molecular formula is C58H105N2O6P. The van der Waals surface area contributed by atoms with Gasteiger partial charge in [0.05, 0.1) is 39.9 Å². The molecule has 0 aromatic carbocycles. The molecule has 2 N–H and O–H groups in total. The van der Waals surface area contributed by atoms with Crippen molar-refractivity contribution in [1.82, 2.24) is 5.32 Å². The van der Waals surface area contributed by atoms with Gasteiger partial charge in [-0.2, -0.15) is 0 Å². The van der Waals surface area contributed by atoms with Gasteiger partial charge < -0.3 is 28.8 Å². The van der Waals surface area contributed by atoms with Gasteiger partial charge in [-0.05, 0) is 77.0 Å². The second-order valence-corrected chi connectivity index (χ2v) is 21.0. The van der Waals surface area contributed by atoms with Crippen LogP contribution in [0.15, 0.2) is 85.1 Å². The zero-order valence-corrected chi connectivity index (χ0v) is 45.0. The first-order chi connectivity index (χ1) is 32.5. The van der Waals surface area contributed by atoms with Crippen molar-refractivity contribution < 1.29 is 32.9 Å². The van der Waals surface area contributed by atoms with E-state index >= 15 is 0 Å². The zero-order valence-electron chi connectivity index (χ0n) is 44.1. The van der Waals surface area contributed by atoms with E-state index in [9.17, 15) is 19.4 Å². The van der Waals surface area contributed by atoms with Gasteiger partial charge >= 0.3 is 0 Å². The zero-order chi connectivity index (χ0) is 49.2. The molecule has 0 bridgehead atoms. The lowest BCUT2D eigenvalue weighted by Gasteiger charge is -2.29. The van der Waals surface area contributed by atoms with Gasteiger partial charge in [0.2, 0.25) is 5.91 Å². The van der Waals surface area contributed by atoms with Gasteiger partial charge in [0.25, 0.3) is 7.82 Å². The normalized spacial score (nSPS) is 14.7. The molecule has 0 aromatic heterocycles. The molecule has 1 amide bonds. The number of aliphatic hydroxyl groups excluding tert-OH is 1. The molecule has 0 heterocycles. The number of nitrogens with zero attached hydrogens (tertiary/aromatic N) is 1. The third kappa shape index (κ3) is 51.4. The molecule has 0 saturated heterocycles. The van der Waals surface area contributed by atoms with Crippen LogP contribution in [0.1, 0.15) is 226 Å². The Hall–Kier alpha value is -2.32. The molecule has 0 rings (SSSR count). The van der Waals surface area contributed by atoms with E-state index < -0.39 is 26.6 Å². The Morgan fingerprint density at radius 3 is 1.39 bits per heavy atom. The number of quaternary nitrogens is 1. The number of phosphoric ester groups is 1. The average Bonchev–Trinajstić information content (AvgIpc) is 3.29. The fourth-order valence-corrected chi connectivity index (χ4v) is 8.27. The van der Waals surface area contributed by atoms with E-state index in [1.807, 2.05) is 27.2 Å². The summed E-state index contributed by atoms with van der Waals surface area (Å²) in [5.41, 5.74) is 0. The monoisotopic (exact) mass is 957 g/mol. The highest BCUT2D eigenvalue weighted by atomic mass is 31.2. The predicted molar refractivity (Wildman–Crippen MR) is 288 cm³/mol. The van der Waals surface area contributed by atoms with Crippen LogP contribution >= 0.6 is 7.82 Å². The highest BCUT2D eigenvalue weighted by molar-refractivity contribution is 7.45. The summed E-state index contributed by atoms with van der Waals surface area (Å²) < 4.78 is 23.3. The summed E-state index contributed by atoms with van der Waals surface area (Å²) in [6, 6.07) is -0.927. The Kier molecular flexibility index (Phi) is 47.0. The maximum Gasteiger partial charge on any atom is 0.268 e. The van der Waals surface area contributed by atoms with E-state index in [-0.39, 0.29) is 18.9 Å². The Morgan fingerprint density at radius 2 is 0.925 bits per heavy atom. The summed E-state index contributed by atoms with van der Waals surface area (Å²) in [6.45, 7) is 4.49. The fourth-order valence-electron chi connectivity index (χ4n) is 7.55. The van der Waals surface area contributed by atoms with Crippen molar-refractivity contribution in [1.29, 1.82) is 0 Å². The lowest BCUT2D eigenvalue weighted by molar-refractivity contribution is -0.870. The van der Waals surface area contributed by atoms with E-state index in [0.29, 0.717) is 17.4 Å². The van der Waals surface area contributed by atoms with Crippen molar-refractivity contribution in [2.75, 3.05) is 40.9 Å². The van der Waals surface area contributed by atoms with Crippen molar-refractivity contribution in [3.63, 3.8) is 0 Å². The molecule has 8 nitrogen and oxygen atoms in total. The minimum atomic E-state index is -4.62. The minimum Gasteiger partial charge on any atom is -0.756 e. The molecule has 0 fully saturated rings. The molecule has 3 unspecified atom stereocenters. The maximum atomic E-state index is 12.9. The number of allylic oxidation sites excluding steroid dienone is 13. The van der Waals surface area contributed by atoms with Crippen LogP contribution in [0.4, 0.5) is 0 Å². The van der Waals surface area contributed by atoms with Gasteiger partial charge in [0, 0.05) is 6.42 Å². The van der Waals surface area contributed by atoms with Crippen LogP contribution in [0.25, 0.3) is 0 Å². The number of carbonyl (C=O) groups excluding carboxylic acids is 1. The van der Waals surface area contributed by atoms with Crippen molar-refractivity contribution in [3.8, 4) is 0 Å². The van der Waals surface area contributed by atoms with Gasteiger partial charge in [-0.15, -0.1) is 0 Å². The molecule has 0 aliphatic heterocycles. The first-order valence-corrected chi connectivity index (χ1v) is 28.9. The molecule has 0 radical (unpaired) electrons. The molecule has 0 aliphatic rings. The Bertz CT molecular complexity index is 1360. The topological polar surface area (TPSA) is 108 Å². The summed E-state index contributed by atoms with van der Waals surface area (Å²) in [7, 11) is 1.21. The van der Waals surface area contributed by atoms with Gasteiger partial charge in [-0.3, -0.25) is 9.36 Å². The standard InChI is InChI=1S/C58H105N2O6P/c1-6-8-10-12-14-16-18-20-22-24-26-27-28-29-30-31-32-34-35-37-39-41-43-45-47-49-51-57(61)56(55-66-67(63,64)65-54-53-60(3,4)5)59-58(62)52-50-48-46-44-42-40-38-36-33-25-23-21-19-17-15-13-11-9-7-2/h9,11,15,17,21,23,33,36,40-43,49,51,56-57,61H,6-8,10,12-14,16,18-20,22,24-32,34-35,37-39,44-48,50,52-55H2,1-5H3,(H-,59,62,63,64)/b11-9-,17-15-,23-21-,36-33-,42-40-,43-41+,51-49+. The largest absolute Gasteiger partial charge is 0.756 e. The van der Waals surface area contributed by atoms with E-state index in [4.69, 9.17) is 9.05 Å². The van der Waals surface area contributed by atoms with E-state index in [2.05, 4.69) is 92.1 Å². The van der Waals surface area contributed by atoms with Crippen LogP contribution in [0.3, 0.4) is 0 Å². The highest BCUT2D eigenvalue weighted by Crippen LogP contribution is 2.38. The van der Waals surface area contributed by atoms with Crippen LogP contribution in [0.2, 0.25) is 0 Å². The maximum absolute atomic E-state index is 12.9. The van der Waals surface area contributed by atoms with Crippen molar-refractivity contribution in [2.45, 2.75) is 238 Å². The highest BCUT2D eigenvalue weighted by Gasteiger charge is 2.23. The third-order valence-corrected chi connectivity index (χ3v) is 12.8. The number of hydrogen-bond donors (Lipinski definition) is 2. The summed E-state index contributed by atoms with van der Waals surface area (Å²) in [4.78, 5) is 25.4. The number of unbranched alkanes of at least 4 members (excludes halogenated alkanes) is 24. The number of nitrogens with one attached hydrogen (secondary N) is 1. The Morgan fingerprint density at radius 1 is 0.537 bits per heavy atom. The predicted octanol–water partition coefficient (Wildman–Crippen LogP) is 15.8. The number of rotatable bonds is 49. The average molecular weight is 957 g/mol. The quantitative estimate of drug-likeness (QED) is 0.0272. The first kappa shape index (κ1) is 64.7. The molecule has 0 saturated carbocycles. The molecule has 0 aliphatic carbocycles. The lowest BCUT2D eigenvalue weighted by Crippen LogP contribution is -2.45. The van der Waals surface area contributed by atoms with Crippen molar-refractivity contribution in [2.24, 2.45) is 0 Å². The summed E-state index contributed by atoms with van der Waals surface area (Å²) >= 11 is 0. The van der Waals surface area contributed by atoms with Gasteiger partial charge in [-0.25, -0.2) is 0 Å². The second kappa shape index (κ2) is 48.7. The van der Waals surface area contributed by atoms with E-state index in [1.165, 1.54) is 128 Å². The molecule has 9 heteroatoms.